The maximum absolute atomic E-state index is 12.7. The molecule has 1 saturated carbocycles. The Kier molecular flexibility index (Phi) is 5.41. The Bertz CT molecular complexity index is 594. The molecule has 1 amide bonds. The van der Waals surface area contributed by atoms with Gasteiger partial charge in [0.15, 0.2) is 5.82 Å². The van der Waals surface area contributed by atoms with E-state index in [4.69, 9.17) is 0 Å². The van der Waals surface area contributed by atoms with Gasteiger partial charge in [0, 0.05) is 26.1 Å². The van der Waals surface area contributed by atoms with Gasteiger partial charge in [0.1, 0.15) is 5.54 Å². The van der Waals surface area contributed by atoms with Crippen molar-refractivity contribution in [3.63, 3.8) is 0 Å². The van der Waals surface area contributed by atoms with Gasteiger partial charge in [-0.1, -0.05) is 13.8 Å². The molecule has 25 heavy (non-hydrogen) atoms. The van der Waals surface area contributed by atoms with Gasteiger partial charge in [-0.05, 0) is 68.5 Å². The van der Waals surface area contributed by atoms with E-state index < -0.39 is 0 Å². The lowest BCUT2D eigenvalue weighted by Crippen LogP contribution is -2.56. The molecule has 7 nitrogen and oxygen atoms in total. The summed E-state index contributed by atoms with van der Waals surface area (Å²) in [6.07, 6.45) is 6.16. The van der Waals surface area contributed by atoms with Crippen LogP contribution >= 0.6 is 0 Å². The van der Waals surface area contributed by atoms with Gasteiger partial charge in [-0.15, -0.1) is 5.10 Å². The SMILES string of the molecule is CC(C)CCn1nnnc1C1(N(C)C)CCCN(C(=O)CC2CC2)C1. The van der Waals surface area contributed by atoms with E-state index in [2.05, 4.69) is 48.4 Å². The summed E-state index contributed by atoms with van der Waals surface area (Å²) in [6.45, 7) is 6.79. The number of hydrogen-bond acceptors (Lipinski definition) is 5. The number of piperidine rings is 1. The molecule has 0 bridgehead atoms. The molecule has 0 spiro atoms. The minimum absolute atomic E-state index is 0.294. The molecule has 1 aliphatic heterocycles. The van der Waals surface area contributed by atoms with Crippen molar-refractivity contribution < 1.29 is 4.79 Å². The predicted octanol–water partition coefficient (Wildman–Crippen LogP) is 1.90. The second-order valence-electron chi connectivity index (χ2n) is 8.40. The number of likely N-dealkylation sites (tertiary alicyclic amines) is 1. The number of carbonyl (C=O) groups is 1. The number of likely N-dealkylation sites (N-methyl/N-ethyl adjacent to an activating group) is 1. The Labute approximate surface area is 150 Å². The monoisotopic (exact) mass is 348 g/mol. The summed E-state index contributed by atoms with van der Waals surface area (Å²) in [4.78, 5) is 16.9. The van der Waals surface area contributed by atoms with Gasteiger partial charge >= 0.3 is 0 Å². The Morgan fingerprint density at radius 2 is 2.12 bits per heavy atom. The van der Waals surface area contributed by atoms with E-state index >= 15 is 0 Å². The number of aryl methyl sites for hydroxylation is 1. The summed E-state index contributed by atoms with van der Waals surface area (Å²) in [6, 6.07) is 0. The van der Waals surface area contributed by atoms with Crippen molar-refractivity contribution >= 4 is 5.91 Å². The Hall–Kier alpha value is -1.50. The number of carbonyl (C=O) groups excluding carboxylic acids is 1. The van der Waals surface area contributed by atoms with Crippen molar-refractivity contribution in [2.45, 2.75) is 64.5 Å². The molecule has 0 radical (unpaired) electrons. The zero-order chi connectivity index (χ0) is 18.0. The number of hydrogen-bond donors (Lipinski definition) is 0. The highest BCUT2D eigenvalue weighted by Gasteiger charge is 2.45. The molecule has 0 N–H and O–H groups in total. The smallest absolute Gasteiger partial charge is 0.222 e. The van der Waals surface area contributed by atoms with Crippen LogP contribution in [0, 0.1) is 11.8 Å². The average molecular weight is 348 g/mol. The molecule has 140 valence electrons. The van der Waals surface area contributed by atoms with Crippen LogP contribution in [-0.4, -0.2) is 63.1 Å². The molecule has 2 fully saturated rings. The summed E-state index contributed by atoms with van der Waals surface area (Å²) in [7, 11) is 4.16. The minimum atomic E-state index is -0.294. The van der Waals surface area contributed by atoms with Gasteiger partial charge in [0.25, 0.3) is 0 Å². The normalized spacial score (nSPS) is 24.3. The maximum Gasteiger partial charge on any atom is 0.222 e. The quantitative estimate of drug-likeness (QED) is 0.753. The molecule has 1 aromatic rings. The maximum atomic E-state index is 12.7. The molecule has 0 aromatic carbocycles. The summed E-state index contributed by atoms with van der Waals surface area (Å²) in [5, 5.41) is 12.6. The topological polar surface area (TPSA) is 67.2 Å². The van der Waals surface area contributed by atoms with Gasteiger partial charge < -0.3 is 4.90 Å². The first-order valence-corrected chi connectivity index (χ1v) is 9.64. The average Bonchev–Trinajstić information content (AvgIpc) is 3.26. The highest BCUT2D eigenvalue weighted by Crippen LogP contribution is 2.37. The highest BCUT2D eigenvalue weighted by atomic mass is 16.2. The third-order valence-electron chi connectivity index (χ3n) is 5.71. The van der Waals surface area contributed by atoms with Crippen molar-refractivity contribution in [2.75, 3.05) is 27.2 Å². The fourth-order valence-corrected chi connectivity index (χ4v) is 3.76. The van der Waals surface area contributed by atoms with E-state index in [9.17, 15) is 4.79 Å². The van der Waals surface area contributed by atoms with Crippen LogP contribution in [0.1, 0.15) is 58.2 Å². The van der Waals surface area contributed by atoms with Gasteiger partial charge in [-0.25, -0.2) is 4.68 Å². The summed E-state index contributed by atoms with van der Waals surface area (Å²) in [5.74, 6) is 2.44. The number of aromatic nitrogens is 4. The van der Waals surface area contributed by atoms with Gasteiger partial charge in [0.2, 0.25) is 5.91 Å². The summed E-state index contributed by atoms with van der Waals surface area (Å²) >= 11 is 0. The Morgan fingerprint density at radius 3 is 2.76 bits per heavy atom. The summed E-state index contributed by atoms with van der Waals surface area (Å²) < 4.78 is 1.95. The van der Waals surface area contributed by atoms with Crippen molar-refractivity contribution in [3.8, 4) is 0 Å². The van der Waals surface area contributed by atoms with E-state index in [0.717, 1.165) is 38.2 Å². The molecule has 1 aromatic heterocycles. The van der Waals surface area contributed by atoms with E-state index in [1.165, 1.54) is 12.8 Å². The van der Waals surface area contributed by atoms with Crippen LogP contribution < -0.4 is 0 Å². The molecule has 1 aliphatic carbocycles. The van der Waals surface area contributed by atoms with Crippen molar-refractivity contribution in [1.82, 2.24) is 30.0 Å². The zero-order valence-corrected chi connectivity index (χ0v) is 16.1. The first-order chi connectivity index (χ1) is 11.9. The molecule has 1 unspecified atom stereocenters. The van der Waals surface area contributed by atoms with E-state index in [-0.39, 0.29) is 5.54 Å². The van der Waals surface area contributed by atoms with E-state index in [1.807, 2.05) is 9.58 Å². The fraction of sp³-hybridized carbons (Fsp3) is 0.889. The van der Waals surface area contributed by atoms with Crippen molar-refractivity contribution in [3.05, 3.63) is 5.82 Å². The van der Waals surface area contributed by atoms with Crippen LogP contribution in [0.4, 0.5) is 0 Å². The Morgan fingerprint density at radius 1 is 1.36 bits per heavy atom. The fourth-order valence-electron chi connectivity index (χ4n) is 3.76. The number of nitrogens with zero attached hydrogens (tertiary/aromatic N) is 6. The zero-order valence-electron chi connectivity index (χ0n) is 16.1. The highest BCUT2D eigenvalue weighted by molar-refractivity contribution is 5.77. The van der Waals surface area contributed by atoms with Gasteiger partial charge in [-0.2, -0.15) is 0 Å². The first kappa shape index (κ1) is 18.3. The van der Waals surface area contributed by atoms with Crippen LogP contribution in [0.5, 0.6) is 0 Å². The van der Waals surface area contributed by atoms with Crippen LogP contribution in [-0.2, 0) is 16.9 Å². The second kappa shape index (κ2) is 7.40. The molecule has 2 heterocycles. The summed E-state index contributed by atoms with van der Waals surface area (Å²) in [5.41, 5.74) is -0.294. The Balaban J connectivity index is 1.81. The van der Waals surface area contributed by atoms with Crippen molar-refractivity contribution in [2.24, 2.45) is 11.8 Å². The lowest BCUT2D eigenvalue weighted by molar-refractivity contribution is -0.136. The second-order valence-corrected chi connectivity index (χ2v) is 8.40. The molecule has 3 rings (SSSR count). The number of amides is 1. The minimum Gasteiger partial charge on any atom is -0.340 e. The van der Waals surface area contributed by atoms with Gasteiger partial charge in [-0.3, -0.25) is 9.69 Å². The van der Waals surface area contributed by atoms with Gasteiger partial charge in [0.05, 0.1) is 0 Å². The lowest BCUT2D eigenvalue weighted by atomic mass is 9.86. The van der Waals surface area contributed by atoms with Crippen LogP contribution in [0.3, 0.4) is 0 Å². The van der Waals surface area contributed by atoms with Crippen molar-refractivity contribution in [1.29, 1.82) is 0 Å². The van der Waals surface area contributed by atoms with Crippen LogP contribution in [0.25, 0.3) is 0 Å². The molecule has 2 aliphatic rings. The largest absolute Gasteiger partial charge is 0.340 e. The first-order valence-electron chi connectivity index (χ1n) is 9.64. The third-order valence-corrected chi connectivity index (χ3v) is 5.71. The molecule has 1 saturated heterocycles. The van der Waals surface area contributed by atoms with Crippen LogP contribution in [0.2, 0.25) is 0 Å². The molecule has 1 atom stereocenters. The number of rotatable bonds is 7. The lowest BCUT2D eigenvalue weighted by Gasteiger charge is -2.46. The molecular formula is C18H32N6O. The molecule has 7 heteroatoms. The van der Waals surface area contributed by atoms with E-state index in [1.54, 1.807) is 0 Å². The molecular weight excluding hydrogens is 316 g/mol. The standard InChI is InChI=1S/C18H32N6O/c1-14(2)8-11-24-17(19-20-21-24)18(22(3)4)9-5-10-23(13-18)16(25)12-15-6-7-15/h14-15H,5-13H2,1-4H3. The number of tetrazole rings is 1. The van der Waals surface area contributed by atoms with E-state index in [0.29, 0.717) is 30.7 Å². The predicted molar refractivity (Wildman–Crippen MR) is 95.8 cm³/mol. The third kappa shape index (κ3) is 4.02. The van der Waals surface area contributed by atoms with Crippen LogP contribution in [0.15, 0.2) is 0 Å².